The van der Waals surface area contributed by atoms with Crippen molar-refractivity contribution in [1.82, 2.24) is 15.0 Å². The fourth-order valence-corrected chi connectivity index (χ4v) is 2.87. The van der Waals surface area contributed by atoms with E-state index in [0.29, 0.717) is 6.42 Å². The SMILES string of the molecule is Cn1cc(CC2(C(=O)O)CCCCCCC2)nn1. The van der Waals surface area contributed by atoms with Crippen LogP contribution in [0.25, 0.3) is 0 Å². The molecule has 1 heterocycles. The van der Waals surface area contributed by atoms with Crippen LogP contribution in [0.3, 0.4) is 0 Å². The van der Waals surface area contributed by atoms with Crippen LogP contribution in [0.15, 0.2) is 6.20 Å². The number of carboxylic acid groups (broad SMARTS) is 1. The molecule has 1 aromatic heterocycles. The van der Waals surface area contributed by atoms with Crippen molar-refractivity contribution >= 4 is 5.97 Å². The molecule has 0 aliphatic heterocycles. The predicted molar refractivity (Wildman–Crippen MR) is 67.1 cm³/mol. The number of hydrogen-bond donors (Lipinski definition) is 1. The molecule has 1 N–H and O–H groups in total. The van der Waals surface area contributed by atoms with Crippen molar-refractivity contribution in [1.29, 1.82) is 0 Å². The minimum atomic E-state index is -0.671. The number of carbonyl (C=O) groups is 1. The lowest BCUT2D eigenvalue weighted by atomic mass is 9.73. The molecule has 0 amide bonds. The summed E-state index contributed by atoms with van der Waals surface area (Å²) in [6.45, 7) is 0. The van der Waals surface area contributed by atoms with Crippen LogP contribution in [-0.4, -0.2) is 26.1 Å². The second-order valence-electron chi connectivity index (χ2n) is 5.41. The minimum absolute atomic E-state index is 0.510. The highest BCUT2D eigenvalue weighted by molar-refractivity contribution is 5.75. The zero-order valence-electron chi connectivity index (χ0n) is 10.9. The van der Waals surface area contributed by atoms with Gasteiger partial charge in [-0.1, -0.05) is 37.3 Å². The maximum absolute atomic E-state index is 11.7. The summed E-state index contributed by atoms with van der Waals surface area (Å²) in [6.07, 6.45) is 9.41. The van der Waals surface area contributed by atoms with Gasteiger partial charge in [0.2, 0.25) is 0 Å². The van der Waals surface area contributed by atoms with Gasteiger partial charge in [-0.15, -0.1) is 5.10 Å². The number of rotatable bonds is 3. The smallest absolute Gasteiger partial charge is 0.310 e. The fourth-order valence-electron chi connectivity index (χ4n) is 2.87. The summed E-state index contributed by atoms with van der Waals surface area (Å²) in [5.41, 5.74) is 0.164. The highest BCUT2D eigenvalue weighted by Crippen LogP contribution is 2.37. The molecule has 5 nitrogen and oxygen atoms in total. The Hall–Kier alpha value is -1.39. The normalized spacial score (nSPS) is 20.1. The molecule has 0 unspecified atom stereocenters. The molecule has 1 saturated carbocycles. The van der Waals surface area contributed by atoms with E-state index in [2.05, 4.69) is 10.3 Å². The molecule has 0 aromatic carbocycles. The molecule has 0 bridgehead atoms. The van der Waals surface area contributed by atoms with Crippen LogP contribution in [0.1, 0.15) is 50.6 Å². The van der Waals surface area contributed by atoms with Gasteiger partial charge in [0.05, 0.1) is 11.1 Å². The summed E-state index contributed by atoms with van der Waals surface area (Å²) in [5.74, 6) is -0.671. The Morgan fingerprint density at radius 1 is 1.33 bits per heavy atom. The maximum Gasteiger partial charge on any atom is 0.310 e. The Labute approximate surface area is 107 Å². The van der Waals surface area contributed by atoms with Gasteiger partial charge in [0, 0.05) is 19.7 Å². The van der Waals surface area contributed by atoms with Gasteiger partial charge in [0.15, 0.2) is 0 Å². The van der Waals surface area contributed by atoms with Crippen LogP contribution < -0.4 is 0 Å². The van der Waals surface area contributed by atoms with Crippen molar-refractivity contribution in [2.45, 2.75) is 51.4 Å². The zero-order chi connectivity index (χ0) is 13.0. The molecule has 1 fully saturated rings. The van der Waals surface area contributed by atoms with Crippen LogP contribution in [-0.2, 0) is 18.3 Å². The second kappa shape index (κ2) is 5.50. The van der Waals surface area contributed by atoms with E-state index in [9.17, 15) is 9.90 Å². The number of carboxylic acids is 1. The van der Waals surface area contributed by atoms with Gasteiger partial charge in [0.25, 0.3) is 0 Å². The Kier molecular flexibility index (Phi) is 3.99. The quantitative estimate of drug-likeness (QED) is 0.894. The number of hydrogen-bond acceptors (Lipinski definition) is 3. The average Bonchev–Trinajstić information content (AvgIpc) is 2.67. The van der Waals surface area contributed by atoms with E-state index >= 15 is 0 Å². The molecule has 1 aromatic rings. The van der Waals surface area contributed by atoms with E-state index in [1.54, 1.807) is 4.68 Å². The van der Waals surface area contributed by atoms with Crippen molar-refractivity contribution in [3.63, 3.8) is 0 Å². The first-order valence-electron chi connectivity index (χ1n) is 6.71. The van der Waals surface area contributed by atoms with E-state index in [-0.39, 0.29) is 0 Å². The van der Waals surface area contributed by atoms with Gasteiger partial charge in [-0.05, 0) is 12.8 Å². The molecule has 0 atom stereocenters. The summed E-state index contributed by atoms with van der Waals surface area (Å²) in [5, 5.41) is 17.5. The van der Waals surface area contributed by atoms with E-state index < -0.39 is 11.4 Å². The summed E-state index contributed by atoms with van der Waals surface area (Å²) < 4.78 is 1.63. The largest absolute Gasteiger partial charge is 0.481 e. The molecule has 18 heavy (non-hydrogen) atoms. The molecule has 0 radical (unpaired) electrons. The average molecular weight is 251 g/mol. The first-order chi connectivity index (χ1) is 8.62. The number of nitrogens with zero attached hydrogens (tertiary/aromatic N) is 3. The van der Waals surface area contributed by atoms with Gasteiger partial charge in [-0.25, -0.2) is 0 Å². The summed E-state index contributed by atoms with van der Waals surface area (Å²) in [7, 11) is 1.81. The first-order valence-corrected chi connectivity index (χ1v) is 6.71. The first kappa shape index (κ1) is 13.1. The van der Waals surface area contributed by atoms with Crippen LogP contribution in [0, 0.1) is 5.41 Å². The molecule has 1 aliphatic rings. The van der Waals surface area contributed by atoms with Crippen molar-refractivity contribution in [3.05, 3.63) is 11.9 Å². The van der Waals surface area contributed by atoms with Gasteiger partial charge < -0.3 is 5.11 Å². The highest BCUT2D eigenvalue weighted by Gasteiger charge is 2.38. The molecule has 2 rings (SSSR count). The van der Waals surface area contributed by atoms with Gasteiger partial charge >= 0.3 is 5.97 Å². The van der Waals surface area contributed by atoms with Crippen LogP contribution >= 0.6 is 0 Å². The topological polar surface area (TPSA) is 68.0 Å². The molecular weight excluding hydrogens is 230 g/mol. The molecule has 1 aliphatic carbocycles. The lowest BCUT2D eigenvalue weighted by Crippen LogP contribution is -2.34. The maximum atomic E-state index is 11.7. The standard InChI is InChI=1S/C13H21N3O2/c1-16-10-11(14-15-16)9-13(12(17)18)7-5-3-2-4-6-8-13/h10H,2-9H2,1H3,(H,17,18). The number of aryl methyl sites for hydroxylation is 1. The summed E-state index contributed by atoms with van der Waals surface area (Å²) in [4.78, 5) is 11.7. The minimum Gasteiger partial charge on any atom is -0.481 e. The van der Waals surface area contributed by atoms with Crippen LogP contribution in [0.5, 0.6) is 0 Å². The van der Waals surface area contributed by atoms with Crippen LogP contribution in [0.2, 0.25) is 0 Å². The number of aromatic nitrogens is 3. The molecule has 100 valence electrons. The highest BCUT2D eigenvalue weighted by atomic mass is 16.4. The Morgan fingerprint density at radius 3 is 2.44 bits per heavy atom. The monoisotopic (exact) mass is 251 g/mol. The fraction of sp³-hybridized carbons (Fsp3) is 0.769. The molecule has 0 spiro atoms. The van der Waals surface area contributed by atoms with Gasteiger partial charge in [-0.3, -0.25) is 9.48 Å². The van der Waals surface area contributed by atoms with E-state index in [4.69, 9.17) is 0 Å². The van der Waals surface area contributed by atoms with Crippen molar-refractivity contribution in [3.8, 4) is 0 Å². The molecule has 0 saturated heterocycles. The molecular formula is C13H21N3O2. The Balaban J connectivity index is 2.16. The van der Waals surface area contributed by atoms with E-state index in [1.807, 2.05) is 13.2 Å². The Morgan fingerprint density at radius 2 is 1.94 bits per heavy atom. The zero-order valence-corrected chi connectivity index (χ0v) is 10.9. The third kappa shape index (κ3) is 2.89. The predicted octanol–water partition coefficient (Wildman–Crippen LogP) is 2.17. The second-order valence-corrected chi connectivity index (χ2v) is 5.41. The van der Waals surface area contributed by atoms with Crippen molar-refractivity contribution in [2.75, 3.05) is 0 Å². The van der Waals surface area contributed by atoms with Gasteiger partial charge in [0.1, 0.15) is 0 Å². The van der Waals surface area contributed by atoms with Crippen molar-refractivity contribution in [2.24, 2.45) is 12.5 Å². The number of aliphatic carboxylic acids is 1. The Bertz CT molecular complexity index is 406. The summed E-state index contributed by atoms with van der Waals surface area (Å²) >= 11 is 0. The third-order valence-electron chi connectivity index (χ3n) is 3.93. The van der Waals surface area contributed by atoms with Crippen LogP contribution in [0.4, 0.5) is 0 Å². The summed E-state index contributed by atoms with van der Waals surface area (Å²) in [6, 6.07) is 0. The third-order valence-corrected chi connectivity index (χ3v) is 3.93. The molecule has 5 heteroatoms. The lowest BCUT2D eigenvalue weighted by molar-refractivity contribution is -0.150. The van der Waals surface area contributed by atoms with E-state index in [1.165, 1.54) is 6.42 Å². The van der Waals surface area contributed by atoms with E-state index in [0.717, 1.165) is 44.2 Å². The lowest BCUT2D eigenvalue weighted by Gasteiger charge is -2.30. The van der Waals surface area contributed by atoms with Gasteiger partial charge in [-0.2, -0.15) is 0 Å². The van der Waals surface area contributed by atoms with Crippen molar-refractivity contribution < 1.29 is 9.90 Å².